The van der Waals surface area contributed by atoms with Crippen molar-refractivity contribution in [2.75, 3.05) is 13.7 Å². The lowest BCUT2D eigenvalue weighted by Gasteiger charge is -2.34. The van der Waals surface area contributed by atoms with Crippen molar-refractivity contribution in [1.29, 1.82) is 0 Å². The summed E-state index contributed by atoms with van der Waals surface area (Å²) >= 11 is 1.65. The number of thiazole rings is 1. The Balaban J connectivity index is 1.41. The number of benzene rings is 1. The molecule has 144 valence electrons. The Kier molecular flexibility index (Phi) is 4.90. The molecule has 4 rings (SSSR count). The third-order valence-corrected chi connectivity index (χ3v) is 6.93. The van der Waals surface area contributed by atoms with Crippen molar-refractivity contribution < 1.29 is 9.59 Å². The lowest BCUT2D eigenvalue weighted by atomic mass is 9.75. The standard InChI is InChI=1S/C20H26N4O2S/c1-3-14-8-10-20(11-9-14)18(25)24(19(26)22-20)13-23(2)12-17-21-15-6-4-5-7-16(15)27-17/h4-7,14H,3,8-13H2,1-2H3,(H,22,26). The lowest BCUT2D eigenvalue weighted by Crippen LogP contribution is -2.50. The van der Waals surface area contributed by atoms with Crippen molar-refractivity contribution in [1.82, 2.24) is 20.1 Å². The minimum Gasteiger partial charge on any atom is -0.323 e. The van der Waals surface area contributed by atoms with E-state index in [1.165, 1.54) is 4.90 Å². The van der Waals surface area contributed by atoms with Gasteiger partial charge in [-0.1, -0.05) is 25.5 Å². The average molecular weight is 387 g/mol. The van der Waals surface area contributed by atoms with Gasteiger partial charge in [0.05, 0.1) is 23.4 Å². The summed E-state index contributed by atoms with van der Waals surface area (Å²) < 4.78 is 1.16. The molecule has 0 radical (unpaired) electrons. The van der Waals surface area contributed by atoms with E-state index in [1.54, 1.807) is 11.3 Å². The molecule has 7 heteroatoms. The number of hydrogen-bond acceptors (Lipinski definition) is 5. The maximum atomic E-state index is 13.0. The van der Waals surface area contributed by atoms with Crippen molar-refractivity contribution in [2.24, 2.45) is 5.92 Å². The van der Waals surface area contributed by atoms with Gasteiger partial charge in [-0.25, -0.2) is 14.7 Å². The minimum absolute atomic E-state index is 0.0572. The fourth-order valence-corrected chi connectivity index (χ4v) is 5.28. The van der Waals surface area contributed by atoms with E-state index in [1.807, 2.05) is 30.1 Å². The number of carbonyl (C=O) groups excluding carboxylic acids is 2. The van der Waals surface area contributed by atoms with Crippen LogP contribution in [0.2, 0.25) is 0 Å². The van der Waals surface area contributed by atoms with Crippen LogP contribution in [0, 0.1) is 5.92 Å². The van der Waals surface area contributed by atoms with E-state index in [-0.39, 0.29) is 11.9 Å². The van der Waals surface area contributed by atoms with Crippen molar-refractivity contribution in [3.63, 3.8) is 0 Å². The highest BCUT2D eigenvalue weighted by Gasteiger charge is 2.52. The van der Waals surface area contributed by atoms with E-state index in [9.17, 15) is 9.59 Å². The first-order valence-corrected chi connectivity index (χ1v) is 10.5. The summed E-state index contributed by atoms with van der Waals surface area (Å²) in [7, 11) is 1.92. The summed E-state index contributed by atoms with van der Waals surface area (Å²) in [4.78, 5) is 33.5. The maximum Gasteiger partial charge on any atom is 0.326 e. The summed E-state index contributed by atoms with van der Waals surface area (Å²) in [5.41, 5.74) is 0.326. The molecule has 27 heavy (non-hydrogen) atoms. The van der Waals surface area contributed by atoms with E-state index in [0.717, 1.165) is 47.3 Å². The molecule has 3 amide bonds. The Morgan fingerprint density at radius 2 is 2.04 bits per heavy atom. The van der Waals surface area contributed by atoms with Crippen molar-refractivity contribution in [3.8, 4) is 0 Å². The second-order valence-electron chi connectivity index (χ2n) is 7.83. The molecule has 2 heterocycles. The molecule has 0 atom stereocenters. The summed E-state index contributed by atoms with van der Waals surface area (Å²) in [6.45, 7) is 3.10. The number of rotatable bonds is 5. The van der Waals surface area contributed by atoms with Gasteiger partial charge < -0.3 is 5.32 Å². The number of nitrogens with one attached hydrogen (secondary N) is 1. The van der Waals surface area contributed by atoms with Gasteiger partial charge in [-0.2, -0.15) is 0 Å². The first kappa shape index (κ1) is 18.4. The molecular formula is C20H26N4O2S. The van der Waals surface area contributed by atoms with Gasteiger partial charge in [-0.05, 0) is 50.8 Å². The molecule has 0 unspecified atom stereocenters. The molecule has 1 N–H and O–H groups in total. The SMILES string of the molecule is CCC1CCC2(CC1)NC(=O)N(CN(C)Cc1nc3ccccc3s1)C2=O. The molecule has 1 aromatic heterocycles. The average Bonchev–Trinajstić information content (AvgIpc) is 3.16. The summed E-state index contributed by atoms with van der Waals surface area (Å²) in [5, 5.41) is 3.99. The number of amides is 3. The number of aromatic nitrogens is 1. The lowest BCUT2D eigenvalue weighted by molar-refractivity contribution is -0.134. The predicted octanol–water partition coefficient (Wildman–Crippen LogP) is 3.58. The fourth-order valence-electron chi connectivity index (χ4n) is 4.23. The van der Waals surface area contributed by atoms with Crippen LogP contribution in [0.1, 0.15) is 44.0 Å². The van der Waals surface area contributed by atoms with Crippen molar-refractivity contribution in [3.05, 3.63) is 29.3 Å². The van der Waals surface area contributed by atoms with Gasteiger partial charge in [0.2, 0.25) is 0 Å². The Labute approximate surface area is 163 Å². The second kappa shape index (κ2) is 7.20. The molecule has 0 bridgehead atoms. The van der Waals surface area contributed by atoms with Gasteiger partial charge >= 0.3 is 6.03 Å². The molecule has 1 aliphatic carbocycles. The Hall–Kier alpha value is -1.99. The molecule has 1 aromatic carbocycles. The van der Waals surface area contributed by atoms with E-state index < -0.39 is 5.54 Å². The van der Waals surface area contributed by atoms with Crippen molar-refractivity contribution in [2.45, 2.75) is 51.1 Å². The van der Waals surface area contributed by atoms with Crippen LogP contribution in [0.4, 0.5) is 4.79 Å². The molecule has 6 nitrogen and oxygen atoms in total. The molecule has 2 fully saturated rings. The zero-order valence-electron chi connectivity index (χ0n) is 15.9. The third kappa shape index (κ3) is 3.46. The van der Waals surface area contributed by atoms with Crippen LogP contribution in [0.15, 0.2) is 24.3 Å². The smallest absolute Gasteiger partial charge is 0.323 e. The topological polar surface area (TPSA) is 65.5 Å². The number of nitrogens with zero attached hydrogens (tertiary/aromatic N) is 3. The molecule has 1 saturated carbocycles. The molecule has 1 saturated heterocycles. The molecule has 1 aliphatic heterocycles. The number of carbonyl (C=O) groups is 2. The number of imide groups is 1. The fraction of sp³-hybridized carbons (Fsp3) is 0.550. The molecular weight excluding hydrogens is 360 g/mol. The first-order valence-electron chi connectivity index (χ1n) is 9.68. The highest BCUT2D eigenvalue weighted by atomic mass is 32.1. The summed E-state index contributed by atoms with van der Waals surface area (Å²) in [6.07, 6.45) is 4.69. The Morgan fingerprint density at radius 3 is 2.74 bits per heavy atom. The van der Waals surface area contributed by atoms with Crippen LogP contribution in [0.5, 0.6) is 0 Å². The summed E-state index contributed by atoms with van der Waals surface area (Å²) in [5.74, 6) is 0.620. The quantitative estimate of drug-likeness (QED) is 0.798. The minimum atomic E-state index is -0.667. The predicted molar refractivity (Wildman–Crippen MR) is 106 cm³/mol. The van der Waals surface area contributed by atoms with Gasteiger partial charge in [0.25, 0.3) is 5.91 Å². The van der Waals surface area contributed by atoms with Gasteiger partial charge in [-0.3, -0.25) is 9.69 Å². The van der Waals surface area contributed by atoms with E-state index in [0.29, 0.717) is 19.1 Å². The Bertz CT molecular complexity index is 824. The van der Waals surface area contributed by atoms with Crippen LogP contribution in [0.25, 0.3) is 10.2 Å². The number of hydrogen-bond donors (Lipinski definition) is 1. The highest BCUT2D eigenvalue weighted by Crippen LogP contribution is 2.37. The molecule has 2 aliphatic rings. The van der Waals surface area contributed by atoms with Crippen LogP contribution in [-0.4, -0.2) is 46.0 Å². The van der Waals surface area contributed by atoms with E-state index in [2.05, 4.69) is 23.3 Å². The van der Waals surface area contributed by atoms with Crippen LogP contribution < -0.4 is 5.32 Å². The van der Waals surface area contributed by atoms with Gasteiger partial charge in [0, 0.05) is 0 Å². The van der Waals surface area contributed by atoms with Gasteiger partial charge in [-0.15, -0.1) is 11.3 Å². The van der Waals surface area contributed by atoms with Crippen LogP contribution in [0.3, 0.4) is 0 Å². The monoisotopic (exact) mass is 386 g/mol. The third-order valence-electron chi connectivity index (χ3n) is 5.91. The van der Waals surface area contributed by atoms with Crippen LogP contribution >= 0.6 is 11.3 Å². The maximum absolute atomic E-state index is 13.0. The van der Waals surface area contributed by atoms with Gasteiger partial charge in [0.1, 0.15) is 10.5 Å². The molecule has 1 spiro atoms. The normalized spacial score (nSPS) is 25.7. The molecule has 2 aromatic rings. The van der Waals surface area contributed by atoms with Crippen molar-refractivity contribution >= 4 is 33.5 Å². The van der Waals surface area contributed by atoms with E-state index in [4.69, 9.17) is 0 Å². The zero-order chi connectivity index (χ0) is 19.0. The highest BCUT2D eigenvalue weighted by molar-refractivity contribution is 7.18. The number of urea groups is 1. The number of fused-ring (bicyclic) bond motifs is 1. The van der Waals surface area contributed by atoms with Gasteiger partial charge in [0.15, 0.2) is 0 Å². The second-order valence-corrected chi connectivity index (χ2v) is 8.94. The summed E-state index contributed by atoms with van der Waals surface area (Å²) in [6, 6.07) is 7.79. The number of para-hydroxylation sites is 1. The first-order chi connectivity index (χ1) is 13.0. The van der Waals surface area contributed by atoms with E-state index >= 15 is 0 Å². The largest absolute Gasteiger partial charge is 0.326 e. The van der Waals surface area contributed by atoms with Crippen LogP contribution in [-0.2, 0) is 11.3 Å². The zero-order valence-corrected chi connectivity index (χ0v) is 16.7. The Morgan fingerprint density at radius 1 is 1.30 bits per heavy atom.